The number of aromatic nitrogens is 1. The summed E-state index contributed by atoms with van der Waals surface area (Å²) < 4.78 is 4.94. The highest BCUT2D eigenvalue weighted by atomic mass is 32.1. The normalized spacial score (nSPS) is 15.9. The number of hydrogen-bond acceptors (Lipinski definition) is 3. The molecule has 4 heteroatoms. The van der Waals surface area contributed by atoms with Gasteiger partial charge >= 0.3 is 0 Å². The molecule has 1 atom stereocenters. The maximum Gasteiger partial charge on any atom is 0.208 e. The van der Waals surface area contributed by atoms with Gasteiger partial charge in [0.15, 0.2) is 0 Å². The molecule has 0 saturated heterocycles. The lowest BCUT2D eigenvalue weighted by molar-refractivity contribution is 0.660. The predicted octanol–water partition coefficient (Wildman–Crippen LogP) is 12.9. The average molecular weight is 698 g/mol. The van der Waals surface area contributed by atoms with Gasteiger partial charge in [-0.15, -0.1) is 11.3 Å². The topological polar surface area (TPSA) is 29.3 Å². The van der Waals surface area contributed by atoms with E-state index in [9.17, 15) is 0 Å². The Hall–Kier alpha value is -6.23. The summed E-state index contributed by atoms with van der Waals surface area (Å²) in [5.41, 5.74) is 13.9. The van der Waals surface area contributed by atoms with Crippen LogP contribution in [0.2, 0.25) is 0 Å². The Morgan fingerprint density at radius 2 is 1.28 bits per heavy atom. The van der Waals surface area contributed by atoms with Crippen LogP contribution < -0.4 is 5.32 Å². The summed E-state index contributed by atoms with van der Waals surface area (Å²) >= 11 is 1.88. The summed E-state index contributed by atoms with van der Waals surface area (Å²) in [6.07, 6.45) is 4.11. The van der Waals surface area contributed by atoms with Crippen LogP contribution in [0.1, 0.15) is 36.6 Å². The lowest BCUT2D eigenvalue weighted by Crippen LogP contribution is -2.34. The Kier molecular flexibility index (Phi) is 6.53. The second-order valence-electron chi connectivity index (χ2n) is 14.8. The van der Waals surface area contributed by atoms with Gasteiger partial charge in [0.25, 0.3) is 0 Å². The van der Waals surface area contributed by atoms with E-state index in [1.54, 1.807) is 0 Å². The summed E-state index contributed by atoms with van der Waals surface area (Å²) in [7, 11) is 0. The van der Waals surface area contributed by atoms with Crippen LogP contribution in [0, 0.1) is 0 Å². The summed E-state index contributed by atoms with van der Waals surface area (Å²) in [6.45, 7) is 4.69. The van der Waals surface area contributed by atoms with Crippen LogP contribution in [0.15, 0.2) is 169 Å². The van der Waals surface area contributed by atoms with E-state index in [1.807, 2.05) is 17.5 Å². The van der Waals surface area contributed by atoms with Crippen LogP contribution in [-0.4, -0.2) is 10.5 Å². The smallest absolute Gasteiger partial charge is 0.208 e. The number of aliphatic imine (C=N–C) groups is 1. The zero-order valence-electron chi connectivity index (χ0n) is 29.5. The van der Waals surface area contributed by atoms with Crippen LogP contribution in [0.4, 0.5) is 0 Å². The van der Waals surface area contributed by atoms with Crippen molar-refractivity contribution < 1.29 is 0 Å². The Bertz CT molecular complexity index is 3030. The predicted molar refractivity (Wildman–Crippen MR) is 225 cm³/mol. The molecule has 0 amide bonds. The molecule has 0 spiro atoms. The van der Waals surface area contributed by atoms with Gasteiger partial charge in [-0.1, -0.05) is 129 Å². The number of nitrogens with zero attached hydrogens (tertiary/aromatic N) is 2. The number of nitrogens with one attached hydrogen (secondary N) is 1. The molecule has 11 rings (SSSR count). The molecule has 7 aromatic carbocycles. The zero-order chi connectivity index (χ0) is 35.3. The van der Waals surface area contributed by atoms with Crippen molar-refractivity contribution in [1.82, 2.24) is 9.88 Å². The highest BCUT2D eigenvalue weighted by molar-refractivity contribution is 7.26. The van der Waals surface area contributed by atoms with E-state index >= 15 is 0 Å². The molecule has 3 nitrogen and oxygen atoms in total. The lowest BCUT2D eigenvalue weighted by Gasteiger charge is -2.23. The molecule has 2 aliphatic rings. The minimum absolute atomic E-state index is 0.0291. The van der Waals surface area contributed by atoms with Crippen molar-refractivity contribution in [2.45, 2.75) is 25.3 Å². The second kappa shape index (κ2) is 11.4. The second-order valence-corrected chi connectivity index (χ2v) is 15.9. The van der Waals surface area contributed by atoms with Gasteiger partial charge in [0.2, 0.25) is 5.96 Å². The van der Waals surface area contributed by atoms with Crippen molar-refractivity contribution >= 4 is 59.3 Å². The third kappa shape index (κ3) is 4.55. The quantitative estimate of drug-likeness (QED) is 0.196. The monoisotopic (exact) mass is 697 g/mol. The average Bonchev–Trinajstić information content (AvgIpc) is 3.83. The van der Waals surface area contributed by atoms with E-state index in [-0.39, 0.29) is 11.5 Å². The number of thiophene rings is 1. The number of rotatable bonds is 3. The Morgan fingerprint density at radius 1 is 0.566 bits per heavy atom. The minimum atomic E-state index is -0.0341. The molecular formula is C49H35N3S. The molecule has 0 radical (unpaired) electrons. The first kappa shape index (κ1) is 30.4. The molecule has 2 aromatic heterocycles. The number of para-hydroxylation sites is 1. The molecule has 0 saturated carbocycles. The Labute approximate surface area is 312 Å². The summed E-state index contributed by atoms with van der Waals surface area (Å²) in [5.74, 6) is 0.825. The fourth-order valence-electron chi connectivity index (χ4n) is 8.88. The molecule has 252 valence electrons. The third-order valence-corrected chi connectivity index (χ3v) is 12.7. The van der Waals surface area contributed by atoms with Crippen molar-refractivity contribution in [2.75, 3.05) is 0 Å². The summed E-state index contributed by atoms with van der Waals surface area (Å²) in [5, 5.41) is 8.89. The molecule has 9 aromatic rings. The summed E-state index contributed by atoms with van der Waals surface area (Å²) in [4.78, 5) is 4.94. The first-order valence-corrected chi connectivity index (χ1v) is 19.1. The Morgan fingerprint density at radius 3 is 2.23 bits per heavy atom. The van der Waals surface area contributed by atoms with Gasteiger partial charge in [-0.25, -0.2) is 4.99 Å². The molecule has 53 heavy (non-hydrogen) atoms. The zero-order valence-corrected chi connectivity index (χ0v) is 30.3. The van der Waals surface area contributed by atoms with Gasteiger partial charge in [-0.2, -0.15) is 0 Å². The maximum atomic E-state index is 4.94. The Balaban J connectivity index is 0.957. The molecule has 0 bridgehead atoms. The van der Waals surface area contributed by atoms with E-state index in [0.717, 1.165) is 17.0 Å². The van der Waals surface area contributed by atoms with E-state index in [0.29, 0.717) is 0 Å². The molecular weight excluding hydrogens is 663 g/mol. The van der Waals surface area contributed by atoms with Crippen molar-refractivity contribution in [3.05, 3.63) is 181 Å². The fourth-order valence-corrected chi connectivity index (χ4v) is 10.1. The van der Waals surface area contributed by atoms with Gasteiger partial charge in [0.1, 0.15) is 0 Å². The molecule has 1 aliphatic carbocycles. The van der Waals surface area contributed by atoms with Crippen molar-refractivity contribution in [3.8, 4) is 33.4 Å². The molecule has 1 unspecified atom stereocenters. The highest BCUT2D eigenvalue weighted by Gasteiger charge is 2.35. The van der Waals surface area contributed by atoms with Crippen LogP contribution >= 0.6 is 11.3 Å². The van der Waals surface area contributed by atoms with E-state index in [1.165, 1.54) is 81.0 Å². The van der Waals surface area contributed by atoms with Crippen LogP contribution in [-0.2, 0) is 5.41 Å². The number of fused-ring (bicyclic) bond motifs is 9. The first-order chi connectivity index (χ1) is 26.0. The van der Waals surface area contributed by atoms with E-state index < -0.39 is 0 Å². The number of hydrogen-bond donors (Lipinski definition) is 1. The van der Waals surface area contributed by atoms with Gasteiger partial charge in [-0.05, 0) is 92.5 Å². The fraction of sp³-hybridized carbons (Fsp3) is 0.0816. The van der Waals surface area contributed by atoms with E-state index in [4.69, 9.17) is 4.99 Å². The van der Waals surface area contributed by atoms with Crippen LogP contribution in [0.3, 0.4) is 0 Å². The van der Waals surface area contributed by atoms with Gasteiger partial charge < -0.3 is 5.32 Å². The number of benzene rings is 7. The lowest BCUT2D eigenvalue weighted by atomic mass is 9.81. The van der Waals surface area contributed by atoms with Crippen molar-refractivity contribution in [2.24, 2.45) is 4.99 Å². The largest absolute Gasteiger partial charge is 0.345 e. The SMILES string of the molecule is CC1(C)c2ccccc2-c2ccc(-c3cccc(C4C=CN=C(n5c6ccccc6c6cc(-c7cccc8c7sc7ccccc78)ccc65)N4)c3)cc21. The molecule has 3 heterocycles. The highest BCUT2D eigenvalue weighted by Crippen LogP contribution is 2.49. The summed E-state index contributed by atoms with van der Waals surface area (Å²) in [6, 6.07) is 55.8. The van der Waals surface area contributed by atoms with Crippen LogP contribution in [0.5, 0.6) is 0 Å². The van der Waals surface area contributed by atoms with Crippen molar-refractivity contribution in [1.29, 1.82) is 0 Å². The molecule has 1 aliphatic heterocycles. The van der Waals surface area contributed by atoms with Crippen LogP contribution in [0.25, 0.3) is 75.4 Å². The molecule has 0 fully saturated rings. The molecule has 1 N–H and O–H groups in total. The van der Waals surface area contributed by atoms with Gasteiger partial charge in [0.05, 0.1) is 17.1 Å². The third-order valence-electron chi connectivity index (χ3n) is 11.5. The maximum absolute atomic E-state index is 4.94. The first-order valence-electron chi connectivity index (χ1n) is 18.3. The minimum Gasteiger partial charge on any atom is -0.345 e. The van der Waals surface area contributed by atoms with Gasteiger partial charge in [-0.3, -0.25) is 4.57 Å². The van der Waals surface area contributed by atoms with Crippen molar-refractivity contribution in [3.63, 3.8) is 0 Å². The standard InChI is InChI=1S/C49H35N3S/c1-49(2)41-18-6-3-13-35(41)36-23-21-31(29-42(36)49)30-11-9-12-33(27-30)43-25-26-50-48(51-43)52-44-19-7-4-14-37(44)40-28-32(22-24-45(40)52)34-16-10-17-39-38-15-5-8-20-46(38)53-47(34)39/h3-29,43H,1-2H3,(H,50,51). The van der Waals surface area contributed by atoms with E-state index in [2.05, 4.69) is 181 Å². The van der Waals surface area contributed by atoms with Gasteiger partial charge in [0, 0.05) is 42.6 Å².